The number of carbonyl (C=O) groups is 1. The number of carbonyl (C=O) groups excluding carboxylic acids is 1. The summed E-state index contributed by atoms with van der Waals surface area (Å²) in [7, 11) is 0. The van der Waals surface area contributed by atoms with E-state index in [1.165, 1.54) is 0 Å². The Balaban J connectivity index is 1.85. The molecular formula is C17H23N3O2. The summed E-state index contributed by atoms with van der Waals surface area (Å²) in [4.78, 5) is 14.9. The number of likely N-dealkylation sites (tertiary alicyclic amines) is 1. The average molecular weight is 301 g/mol. The van der Waals surface area contributed by atoms with Crippen LogP contribution in [0.3, 0.4) is 0 Å². The molecule has 22 heavy (non-hydrogen) atoms. The highest BCUT2D eigenvalue weighted by Gasteiger charge is 2.32. The Labute approximate surface area is 130 Å². The molecule has 1 saturated heterocycles. The van der Waals surface area contributed by atoms with E-state index in [-0.39, 0.29) is 18.0 Å². The third-order valence-electron chi connectivity index (χ3n) is 4.40. The van der Waals surface area contributed by atoms with Crippen LogP contribution in [0.4, 0.5) is 0 Å². The number of aromatic nitrogens is 2. The minimum absolute atomic E-state index is 0.0433. The predicted octanol–water partition coefficient (Wildman–Crippen LogP) is 3.49. The van der Waals surface area contributed by atoms with Crippen molar-refractivity contribution in [1.82, 2.24) is 14.7 Å². The zero-order valence-electron chi connectivity index (χ0n) is 13.2. The van der Waals surface area contributed by atoms with Gasteiger partial charge < -0.3 is 9.32 Å². The van der Waals surface area contributed by atoms with E-state index < -0.39 is 0 Å². The van der Waals surface area contributed by atoms with Crippen LogP contribution in [-0.4, -0.2) is 27.1 Å². The van der Waals surface area contributed by atoms with Crippen molar-refractivity contribution in [3.63, 3.8) is 0 Å². The molecular weight excluding hydrogens is 278 g/mol. The second kappa shape index (κ2) is 6.38. The Morgan fingerprint density at radius 3 is 2.91 bits per heavy atom. The lowest BCUT2D eigenvalue weighted by Crippen LogP contribution is -2.39. The first-order valence-electron chi connectivity index (χ1n) is 8.03. The smallest absolute Gasteiger partial charge is 0.247 e. The molecule has 0 aliphatic carbocycles. The number of furan rings is 1. The van der Waals surface area contributed by atoms with Crippen molar-refractivity contribution >= 4 is 5.91 Å². The predicted molar refractivity (Wildman–Crippen MR) is 83.3 cm³/mol. The number of aryl methyl sites for hydroxylation is 1. The van der Waals surface area contributed by atoms with Crippen LogP contribution in [0.1, 0.15) is 56.2 Å². The summed E-state index contributed by atoms with van der Waals surface area (Å²) >= 11 is 0. The molecule has 1 amide bonds. The number of hydrogen-bond donors (Lipinski definition) is 0. The molecule has 0 bridgehead atoms. The van der Waals surface area contributed by atoms with E-state index >= 15 is 0 Å². The van der Waals surface area contributed by atoms with Gasteiger partial charge in [0.05, 0.1) is 6.04 Å². The lowest BCUT2D eigenvalue weighted by atomic mass is 10.1. The molecule has 118 valence electrons. The number of rotatable bonds is 3. The molecule has 0 unspecified atom stereocenters. The maximum Gasteiger partial charge on any atom is 0.247 e. The number of nitrogens with zero attached hydrogens (tertiary/aromatic N) is 3. The van der Waals surface area contributed by atoms with Crippen LogP contribution >= 0.6 is 0 Å². The molecule has 0 N–H and O–H groups in total. The minimum atomic E-state index is -0.286. The van der Waals surface area contributed by atoms with E-state index in [1.54, 1.807) is 10.9 Å². The van der Waals surface area contributed by atoms with E-state index in [4.69, 9.17) is 4.42 Å². The van der Waals surface area contributed by atoms with Gasteiger partial charge in [-0.25, -0.2) is 0 Å². The molecule has 0 radical (unpaired) electrons. The van der Waals surface area contributed by atoms with Gasteiger partial charge in [0.15, 0.2) is 0 Å². The van der Waals surface area contributed by atoms with Crippen molar-refractivity contribution in [3.05, 3.63) is 42.1 Å². The summed E-state index contributed by atoms with van der Waals surface area (Å²) in [6.07, 6.45) is 7.85. The van der Waals surface area contributed by atoms with Gasteiger partial charge in [-0.2, -0.15) is 5.10 Å². The molecule has 3 rings (SSSR count). The van der Waals surface area contributed by atoms with Gasteiger partial charge in [-0.3, -0.25) is 9.48 Å². The second-order valence-corrected chi connectivity index (χ2v) is 6.01. The van der Waals surface area contributed by atoms with E-state index in [2.05, 4.69) is 5.10 Å². The van der Waals surface area contributed by atoms with Gasteiger partial charge >= 0.3 is 0 Å². The molecule has 2 aromatic rings. The van der Waals surface area contributed by atoms with Crippen molar-refractivity contribution in [2.24, 2.45) is 0 Å². The van der Waals surface area contributed by atoms with E-state index in [9.17, 15) is 4.79 Å². The summed E-state index contributed by atoms with van der Waals surface area (Å²) in [5, 5.41) is 4.20. The fourth-order valence-electron chi connectivity index (χ4n) is 3.16. The molecule has 3 heterocycles. The molecule has 0 saturated carbocycles. The van der Waals surface area contributed by atoms with Crippen LogP contribution in [0.15, 0.2) is 35.0 Å². The maximum absolute atomic E-state index is 13.0. The fourth-order valence-corrected chi connectivity index (χ4v) is 3.16. The van der Waals surface area contributed by atoms with Gasteiger partial charge in [-0.15, -0.1) is 0 Å². The summed E-state index contributed by atoms with van der Waals surface area (Å²) < 4.78 is 7.53. The Morgan fingerprint density at radius 1 is 1.36 bits per heavy atom. The molecule has 2 aromatic heterocycles. The molecule has 0 aromatic carbocycles. The van der Waals surface area contributed by atoms with E-state index in [1.807, 2.05) is 43.1 Å². The number of amides is 1. The second-order valence-electron chi connectivity index (χ2n) is 6.01. The molecule has 5 nitrogen and oxygen atoms in total. The summed E-state index contributed by atoms with van der Waals surface area (Å²) in [6.45, 7) is 4.64. The first-order valence-corrected chi connectivity index (χ1v) is 8.03. The topological polar surface area (TPSA) is 51.3 Å². The molecule has 1 aliphatic rings. The molecule has 2 atom stereocenters. The average Bonchev–Trinajstić information content (AvgIpc) is 3.13. The first kappa shape index (κ1) is 14.9. The van der Waals surface area contributed by atoms with Gasteiger partial charge in [0, 0.05) is 18.9 Å². The van der Waals surface area contributed by atoms with Crippen molar-refractivity contribution < 1.29 is 9.21 Å². The minimum Gasteiger partial charge on any atom is -0.464 e. The van der Waals surface area contributed by atoms with Crippen LogP contribution in [0.25, 0.3) is 0 Å². The van der Waals surface area contributed by atoms with Crippen molar-refractivity contribution in [1.29, 1.82) is 0 Å². The highest BCUT2D eigenvalue weighted by atomic mass is 16.3. The normalized spacial score (nSPS) is 20.6. The van der Waals surface area contributed by atoms with Crippen LogP contribution in [-0.2, 0) is 4.79 Å². The largest absolute Gasteiger partial charge is 0.464 e. The number of hydrogen-bond acceptors (Lipinski definition) is 3. The van der Waals surface area contributed by atoms with Gasteiger partial charge in [0.1, 0.15) is 17.6 Å². The Hall–Kier alpha value is -2.04. The van der Waals surface area contributed by atoms with Crippen molar-refractivity contribution in [2.75, 3.05) is 6.54 Å². The molecule has 0 spiro atoms. The monoisotopic (exact) mass is 301 g/mol. The lowest BCUT2D eigenvalue weighted by molar-refractivity contribution is -0.137. The van der Waals surface area contributed by atoms with Crippen molar-refractivity contribution in [2.45, 2.75) is 51.6 Å². The van der Waals surface area contributed by atoms with Gasteiger partial charge in [-0.1, -0.05) is 12.8 Å². The highest BCUT2D eigenvalue weighted by molar-refractivity contribution is 5.80. The Bertz CT molecular complexity index is 618. The van der Waals surface area contributed by atoms with Gasteiger partial charge in [0.25, 0.3) is 0 Å². The van der Waals surface area contributed by atoms with Gasteiger partial charge in [-0.05, 0) is 44.9 Å². The molecule has 1 aliphatic heterocycles. The maximum atomic E-state index is 13.0. The third kappa shape index (κ3) is 2.93. The van der Waals surface area contributed by atoms with E-state index in [0.717, 1.165) is 43.7 Å². The quantitative estimate of drug-likeness (QED) is 0.872. The van der Waals surface area contributed by atoms with E-state index in [0.29, 0.717) is 0 Å². The summed E-state index contributed by atoms with van der Waals surface area (Å²) in [6, 6.07) is 5.58. The van der Waals surface area contributed by atoms with Crippen LogP contribution in [0.5, 0.6) is 0 Å². The Morgan fingerprint density at radius 2 is 2.23 bits per heavy atom. The third-order valence-corrected chi connectivity index (χ3v) is 4.40. The molecule has 5 heteroatoms. The van der Waals surface area contributed by atoms with Crippen molar-refractivity contribution in [3.8, 4) is 0 Å². The zero-order valence-corrected chi connectivity index (χ0v) is 13.2. The lowest BCUT2D eigenvalue weighted by Gasteiger charge is -2.31. The zero-order chi connectivity index (χ0) is 15.5. The first-order chi connectivity index (χ1) is 10.7. The van der Waals surface area contributed by atoms with Crippen LogP contribution in [0.2, 0.25) is 0 Å². The summed E-state index contributed by atoms with van der Waals surface area (Å²) in [5.74, 6) is 1.91. The highest BCUT2D eigenvalue weighted by Crippen LogP contribution is 2.32. The van der Waals surface area contributed by atoms with Gasteiger partial charge in [0.2, 0.25) is 5.91 Å². The van der Waals surface area contributed by atoms with Crippen LogP contribution in [0, 0.1) is 6.92 Å². The SMILES string of the molecule is Cc1ccc([C@H]2CCCCCN2C(=O)[C@H](C)n2cccn2)o1. The Kier molecular flexibility index (Phi) is 4.32. The fraction of sp³-hybridized carbons (Fsp3) is 0.529. The molecule has 1 fully saturated rings. The standard InChI is InChI=1S/C17H23N3O2/c1-13-8-9-16(22-13)15-7-4-3-5-11-19(15)17(21)14(2)20-12-6-10-18-20/h6,8-10,12,14-15H,3-5,7,11H2,1-2H3/t14-,15+/m0/s1. The van der Waals surface area contributed by atoms with Crippen LogP contribution < -0.4 is 0 Å². The summed E-state index contributed by atoms with van der Waals surface area (Å²) in [5.41, 5.74) is 0.